The van der Waals surface area contributed by atoms with Crippen molar-refractivity contribution in [3.8, 4) is 11.5 Å². The Labute approximate surface area is 121 Å². The normalized spacial score (nSPS) is 10.9. The molecule has 0 saturated heterocycles. The highest BCUT2D eigenvalue weighted by Crippen LogP contribution is 2.29. The molecule has 0 radical (unpaired) electrons. The molecule has 0 fully saturated rings. The molecule has 4 nitrogen and oxygen atoms in total. The molecular weight excluding hydrogens is 270 g/mol. The lowest BCUT2D eigenvalue weighted by atomic mass is 10.0. The summed E-state index contributed by atoms with van der Waals surface area (Å²) >= 11 is 1.68. The third-order valence-electron chi connectivity index (χ3n) is 3.14. The van der Waals surface area contributed by atoms with E-state index in [2.05, 4.69) is 16.2 Å². The van der Waals surface area contributed by atoms with Gasteiger partial charge in [-0.05, 0) is 42.5 Å². The van der Waals surface area contributed by atoms with Crippen molar-refractivity contribution in [1.82, 2.24) is 10.1 Å². The first-order valence-electron chi connectivity index (χ1n) is 6.35. The fourth-order valence-corrected chi connectivity index (χ4v) is 2.86. The molecular formula is C15H15N3OS. The molecule has 0 bridgehead atoms. The lowest BCUT2D eigenvalue weighted by molar-refractivity contribution is 0.424. The van der Waals surface area contributed by atoms with Gasteiger partial charge in [-0.2, -0.15) is 4.98 Å². The smallest absolute Gasteiger partial charge is 0.260 e. The summed E-state index contributed by atoms with van der Waals surface area (Å²) in [6.45, 7) is 4.01. The van der Waals surface area contributed by atoms with Crippen LogP contribution in [0.15, 0.2) is 34.2 Å². The number of hydrogen-bond donors (Lipinski definition) is 1. The predicted molar refractivity (Wildman–Crippen MR) is 80.7 cm³/mol. The first-order chi connectivity index (χ1) is 9.63. The highest BCUT2D eigenvalue weighted by Gasteiger charge is 2.14. The van der Waals surface area contributed by atoms with Gasteiger partial charge in [0.05, 0.1) is 5.56 Å². The number of nitrogens with two attached hydrogens (primary N) is 1. The molecule has 3 aromatic rings. The van der Waals surface area contributed by atoms with Crippen LogP contribution in [0, 0.1) is 13.8 Å². The zero-order valence-electron chi connectivity index (χ0n) is 11.4. The van der Waals surface area contributed by atoms with E-state index in [9.17, 15) is 0 Å². The molecule has 0 unspecified atom stereocenters. The summed E-state index contributed by atoms with van der Waals surface area (Å²) in [6.07, 6.45) is 0.686. The van der Waals surface area contributed by atoms with Crippen LogP contribution in [0.3, 0.4) is 0 Å². The van der Waals surface area contributed by atoms with Crippen molar-refractivity contribution in [1.29, 1.82) is 0 Å². The Morgan fingerprint density at radius 3 is 2.90 bits per heavy atom. The maximum atomic E-state index is 6.10. The number of thiophene rings is 1. The van der Waals surface area contributed by atoms with Crippen LogP contribution < -0.4 is 5.73 Å². The molecule has 0 saturated carbocycles. The molecule has 1 aromatic carbocycles. The molecule has 0 aliphatic heterocycles. The van der Waals surface area contributed by atoms with E-state index in [4.69, 9.17) is 10.3 Å². The van der Waals surface area contributed by atoms with Crippen LogP contribution in [0.25, 0.3) is 11.5 Å². The van der Waals surface area contributed by atoms with Gasteiger partial charge in [-0.1, -0.05) is 17.3 Å². The van der Waals surface area contributed by atoms with E-state index in [0.29, 0.717) is 23.8 Å². The molecule has 0 amide bonds. The lowest BCUT2D eigenvalue weighted by Gasteiger charge is -2.06. The van der Waals surface area contributed by atoms with E-state index in [1.165, 1.54) is 4.88 Å². The van der Waals surface area contributed by atoms with Crippen LogP contribution in [-0.2, 0) is 6.42 Å². The van der Waals surface area contributed by atoms with Crippen molar-refractivity contribution >= 4 is 17.0 Å². The van der Waals surface area contributed by atoms with Gasteiger partial charge >= 0.3 is 0 Å². The van der Waals surface area contributed by atoms with Crippen LogP contribution in [0.2, 0.25) is 0 Å². The number of benzene rings is 1. The fraction of sp³-hybridized carbons (Fsp3) is 0.200. The number of aryl methyl sites for hydroxylation is 2. The average molecular weight is 285 g/mol. The van der Waals surface area contributed by atoms with Gasteiger partial charge in [-0.15, -0.1) is 11.3 Å². The van der Waals surface area contributed by atoms with Gasteiger partial charge in [0, 0.05) is 17.0 Å². The summed E-state index contributed by atoms with van der Waals surface area (Å²) < 4.78 is 5.35. The van der Waals surface area contributed by atoms with Crippen LogP contribution in [0.5, 0.6) is 0 Å². The van der Waals surface area contributed by atoms with Crippen molar-refractivity contribution < 1.29 is 4.52 Å². The van der Waals surface area contributed by atoms with Gasteiger partial charge < -0.3 is 10.3 Å². The van der Waals surface area contributed by atoms with Crippen LogP contribution in [0.1, 0.15) is 21.8 Å². The Hall–Kier alpha value is -2.14. The Morgan fingerprint density at radius 1 is 1.30 bits per heavy atom. The highest BCUT2D eigenvalue weighted by molar-refractivity contribution is 7.09. The van der Waals surface area contributed by atoms with E-state index in [1.54, 1.807) is 11.3 Å². The summed E-state index contributed by atoms with van der Waals surface area (Å²) in [5, 5.41) is 6.07. The molecule has 2 heterocycles. The van der Waals surface area contributed by atoms with Crippen molar-refractivity contribution in [2.24, 2.45) is 0 Å². The number of nitrogens with zero attached hydrogens (tertiary/aromatic N) is 2. The van der Waals surface area contributed by atoms with Crippen molar-refractivity contribution in [2.75, 3.05) is 5.73 Å². The first-order valence-corrected chi connectivity index (χ1v) is 7.23. The quantitative estimate of drug-likeness (QED) is 0.747. The second-order valence-electron chi connectivity index (χ2n) is 4.81. The van der Waals surface area contributed by atoms with Crippen molar-refractivity contribution in [3.05, 3.63) is 51.5 Å². The molecule has 0 aliphatic rings. The summed E-state index contributed by atoms with van der Waals surface area (Å²) in [7, 11) is 0. The predicted octanol–water partition coefficient (Wildman–Crippen LogP) is 3.59. The molecule has 0 atom stereocenters. The molecule has 0 spiro atoms. The van der Waals surface area contributed by atoms with Crippen molar-refractivity contribution in [3.63, 3.8) is 0 Å². The molecule has 2 N–H and O–H groups in total. The van der Waals surface area contributed by atoms with Crippen LogP contribution in [0.4, 0.5) is 5.69 Å². The maximum Gasteiger partial charge on any atom is 0.260 e. The summed E-state index contributed by atoms with van der Waals surface area (Å²) in [5.74, 6) is 1.17. The van der Waals surface area contributed by atoms with E-state index < -0.39 is 0 Å². The summed E-state index contributed by atoms with van der Waals surface area (Å²) in [4.78, 5) is 5.66. The zero-order valence-corrected chi connectivity index (χ0v) is 12.2. The standard InChI is InChI=1S/C15H15N3OS/c1-9-6-10(2)14(16)12(7-9)15-17-13(18-19-15)8-11-4-3-5-20-11/h3-7H,8,16H2,1-2H3. The Morgan fingerprint density at radius 2 is 2.15 bits per heavy atom. The van der Waals surface area contributed by atoms with Crippen LogP contribution in [-0.4, -0.2) is 10.1 Å². The topological polar surface area (TPSA) is 64.9 Å². The van der Waals surface area contributed by atoms with Gasteiger partial charge in [-0.3, -0.25) is 0 Å². The molecule has 20 heavy (non-hydrogen) atoms. The molecule has 0 aliphatic carbocycles. The third-order valence-corrected chi connectivity index (χ3v) is 4.02. The minimum atomic E-state index is 0.487. The minimum Gasteiger partial charge on any atom is -0.398 e. The van der Waals surface area contributed by atoms with Gasteiger partial charge in [0.1, 0.15) is 0 Å². The second-order valence-corrected chi connectivity index (χ2v) is 5.85. The number of rotatable bonds is 3. The number of aromatic nitrogens is 2. The van der Waals surface area contributed by atoms with Gasteiger partial charge in [0.2, 0.25) is 0 Å². The minimum absolute atomic E-state index is 0.487. The second kappa shape index (κ2) is 5.09. The Bertz CT molecular complexity index is 732. The van der Waals surface area contributed by atoms with Gasteiger partial charge in [0.15, 0.2) is 5.82 Å². The average Bonchev–Trinajstić information content (AvgIpc) is 3.06. The van der Waals surface area contributed by atoms with E-state index in [1.807, 2.05) is 37.4 Å². The van der Waals surface area contributed by atoms with Gasteiger partial charge in [0.25, 0.3) is 5.89 Å². The Balaban J connectivity index is 1.94. The molecule has 5 heteroatoms. The molecule has 2 aromatic heterocycles. The summed E-state index contributed by atoms with van der Waals surface area (Å²) in [5.41, 5.74) is 9.77. The highest BCUT2D eigenvalue weighted by atomic mass is 32.1. The lowest BCUT2D eigenvalue weighted by Crippen LogP contribution is -1.95. The number of anilines is 1. The fourth-order valence-electron chi connectivity index (χ4n) is 2.16. The monoisotopic (exact) mass is 285 g/mol. The summed E-state index contributed by atoms with van der Waals surface area (Å²) in [6, 6.07) is 8.10. The zero-order chi connectivity index (χ0) is 14.1. The van der Waals surface area contributed by atoms with Gasteiger partial charge in [-0.25, -0.2) is 0 Å². The first kappa shape index (κ1) is 12.9. The number of hydrogen-bond acceptors (Lipinski definition) is 5. The SMILES string of the molecule is Cc1cc(C)c(N)c(-c2nc(Cc3cccs3)no2)c1. The molecule has 3 rings (SSSR count). The van der Waals surface area contributed by atoms with Crippen molar-refractivity contribution in [2.45, 2.75) is 20.3 Å². The Kier molecular flexibility index (Phi) is 3.28. The maximum absolute atomic E-state index is 6.10. The number of nitrogen functional groups attached to an aromatic ring is 1. The van der Waals surface area contributed by atoms with Crippen LogP contribution >= 0.6 is 11.3 Å². The van der Waals surface area contributed by atoms with E-state index in [0.717, 1.165) is 16.7 Å². The molecule has 102 valence electrons. The van der Waals surface area contributed by atoms with E-state index in [-0.39, 0.29) is 0 Å². The third kappa shape index (κ3) is 2.44. The van der Waals surface area contributed by atoms with E-state index >= 15 is 0 Å². The largest absolute Gasteiger partial charge is 0.398 e.